The van der Waals surface area contributed by atoms with E-state index in [-0.39, 0.29) is 0 Å². The number of hydrogen-bond acceptors (Lipinski definition) is 0. The second-order valence-corrected chi connectivity index (χ2v) is 2.75. The van der Waals surface area contributed by atoms with Crippen LogP contribution in [0.25, 0.3) is 0 Å². The summed E-state index contributed by atoms with van der Waals surface area (Å²) in [5.41, 5.74) is 0. The Labute approximate surface area is 63.3 Å². The van der Waals surface area contributed by atoms with Crippen LogP contribution in [0.1, 0.15) is 26.7 Å². The van der Waals surface area contributed by atoms with E-state index in [9.17, 15) is 0 Å². The Bertz CT molecular complexity index is 174. The quantitative estimate of drug-likeness (QED) is 0.520. The molecular weight excluding hydrogens is 120 g/mol. The Morgan fingerprint density at radius 1 is 1.40 bits per heavy atom. The topological polar surface area (TPSA) is 0 Å². The molecule has 0 aromatic heterocycles. The third kappa shape index (κ3) is 1.42. The van der Waals surface area contributed by atoms with Gasteiger partial charge in [-0.15, -0.1) is 0 Å². The van der Waals surface area contributed by atoms with Crippen LogP contribution < -0.4 is 0 Å². The minimum atomic E-state index is 0.551. The molecular formula is C10H14. The summed E-state index contributed by atoms with van der Waals surface area (Å²) in [5, 5.41) is 0. The predicted octanol–water partition coefficient (Wildman–Crippen LogP) is 2.61. The fourth-order valence-electron chi connectivity index (χ4n) is 1.42. The first-order valence-corrected chi connectivity index (χ1v) is 4.06. The van der Waals surface area contributed by atoms with Crippen molar-refractivity contribution in [2.75, 3.05) is 0 Å². The summed E-state index contributed by atoms with van der Waals surface area (Å²) >= 11 is 0. The highest BCUT2D eigenvalue weighted by molar-refractivity contribution is 5.29. The molecule has 0 amide bonds. The highest BCUT2D eigenvalue weighted by atomic mass is 14.2. The molecule has 1 atom stereocenters. The molecule has 0 heteroatoms. The van der Waals surface area contributed by atoms with Gasteiger partial charge in [-0.1, -0.05) is 44.6 Å². The average Bonchev–Trinajstić information content (AvgIpc) is 2.43. The van der Waals surface area contributed by atoms with E-state index in [1.807, 2.05) is 6.08 Å². The molecule has 0 nitrogen and oxygen atoms in total. The van der Waals surface area contributed by atoms with Gasteiger partial charge in [-0.3, -0.25) is 0 Å². The first kappa shape index (κ1) is 7.41. The third-order valence-corrected chi connectivity index (χ3v) is 2.19. The number of rotatable bonds is 3. The van der Waals surface area contributed by atoms with Gasteiger partial charge in [0.25, 0.3) is 0 Å². The van der Waals surface area contributed by atoms with Crippen LogP contribution in [0.5, 0.6) is 0 Å². The van der Waals surface area contributed by atoms with Crippen LogP contribution in [-0.4, -0.2) is 0 Å². The van der Waals surface area contributed by atoms with Gasteiger partial charge in [0.1, 0.15) is 0 Å². The minimum absolute atomic E-state index is 0.551. The molecule has 0 aromatic carbocycles. The zero-order chi connectivity index (χ0) is 7.40. The summed E-state index contributed by atoms with van der Waals surface area (Å²) in [6.07, 6.45) is 6.67. The van der Waals surface area contributed by atoms with Crippen molar-refractivity contribution in [3.8, 4) is 11.8 Å². The molecule has 0 aliphatic heterocycles. The largest absolute Gasteiger partial charge is 0.0906 e. The lowest BCUT2D eigenvalue weighted by Crippen LogP contribution is -2.07. The normalized spacial score (nSPS) is 21.3. The lowest BCUT2D eigenvalue weighted by atomic mass is 9.89. The van der Waals surface area contributed by atoms with Crippen LogP contribution >= 0.6 is 0 Å². The molecule has 0 heterocycles. The average molecular weight is 134 g/mol. The Kier molecular flexibility index (Phi) is 2.57. The second-order valence-electron chi connectivity index (χ2n) is 2.75. The fourth-order valence-corrected chi connectivity index (χ4v) is 1.42. The minimum Gasteiger partial charge on any atom is -0.0906 e. The zero-order valence-corrected chi connectivity index (χ0v) is 6.72. The summed E-state index contributed by atoms with van der Waals surface area (Å²) in [5.74, 6) is 7.52. The molecule has 1 rings (SSSR count). The van der Waals surface area contributed by atoms with Crippen LogP contribution in [0.15, 0.2) is 12.2 Å². The molecule has 0 aromatic rings. The van der Waals surface area contributed by atoms with Gasteiger partial charge in [0.05, 0.1) is 0 Å². The summed E-state index contributed by atoms with van der Waals surface area (Å²) in [6, 6.07) is 0. The number of hydrogen-bond donors (Lipinski definition) is 0. The van der Waals surface area contributed by atoms with E-state index in [0.29, 0.717) is 5.92 Å². The highest BCUT2D eigenvalue weighted by Gasteiger charge is 2.13. The van der Waals surface area contributed by atoms with Gasteiger partial charge < -0.3 is 0 Å². The smallest absolute Gasteiger partial charge is 0.0423 e. The Morgan fingerprint density at radius 3 is 2.50 bits per heavy atom. The summed E-state index contributed by atoms with van der Waals surface area (Å²) in [4.78, 5) is 0. The molecule has 0 saturated carbocycles. The van der Waals surface area contributed by atoms with Crippen molar-refractivity contribution >= 4 is 0 Å². The van der Waals surface area contributed by atoms with Gasteiger partial charge in [0, 0.05) is 5.92 Å². The summed E-state index contributed by atoms with van der Waals surface area (Å²) in [6.45, 7) is 4.48. The third-order valence-electron chi connectivity index (χ3n) is 2.19. The van der Waals surface area contributed by atoms with Gasteiger partial charge in [-0.25, -0.2) is 0 Å². The van der Waals surface area contributed by atoms with Gasteiger partial charge in [0.15, 0.2) is 0 Å². The second kappa shape index (κ2) is 3.46. The highest BCUT2D eigenvalue weighted by Crippen LogP contribution is 2.21. The van der Waals surface area contributed by atoms with Crippen LogP contribution in [0, 0.1) is 23.7 Å². The zero-order valence-electron chi connectivity index (χ0n) is 6.72. The molecule has 1 unspecified atom stereocenters. The van der Waals surface area contributed by atoms with E-state index < -0.39 is 0 Å². The SMILES string of the molecule is CCC(CC)C1C#CC=C1. The van der Waals surface area contributed by atoms with Gasteiger partial charge >= 0.3 is 0 Å². The molecule has 0 bridgehead atoms. The standard InChI is InChI=1S/C10H14/c1-3-9(4-2)10-7-5-6-8-10/h5,7,9-10H,3-4H2,1-2H3. The molecule has 0 spiro atoms. The number of allylic oxidation sites excluding steroid dienone is 2. The van der Waals surface area contributed by atoms with Gasteiger partial charge in [-0.05, 0) is 12.0 Å². The maximum atomic E-state index is 3.20. The van der Waals surface area contributed by atoms with Crippen molar-refractivity contribution in [3.05, 3.63) is 12.2 Å². The van der Waals surface area contributed by atoms with E-state index >= 15 is 0 Å². The van der Waals surface area contributed by atoms with Gasteiger partial charge in [-0.2, -0.15) is 0 Å². The van der Waals surface area contributed by atoms with Crippen LogP contribution in [0.2, 0.25) is 0 Å². The van der Waals surface area contributed by atoms with Crippen molar-refractivity contribution in [1.29, 1.82) is 0 Å². The van der Waals surface area contributed by atoms with E-state index in [1.54, 1.807) is 0 Å². The van der Waals surface area contributed by atoms with E-state index in [2.05, 4.69) is 31.8 Å². The molecule has 10 heavy (non-hydrogen) atoms. The monoisotopic (exact) mass is 134 g/mol. The molecule has 0 fully saturated rings. The fraction of sp³-hybridized carbons (Fsp3) is 0.600. The van der Waals surface area contributed by atoms with Crippen LogP contribution in [0.4, 0.5) is 0 Å². The van der Waals surface area contributed by atoms with E-state index in [1.165, 1.54) is 12.8 Å². The van der Waals surface area contributed by atoms with Crippen molar-refractivity contribution in [1.82, 2.24) is 0 Å². The lowest BCUT2D eigenvalue weighted by molar-refractivity contribution is 0.437. The molecule has 0 N–H and O–H groups in total. The maximum Gasteiger partial charge on any atom is 0.0423 e. The molecule has 54 valence electrons. The molecule has 1 aliphatic rings. The Hall–Kier alpha value is -0.700. The predicted molar refractivity (Wildman–Crippen MR) is 44.5 cm³/mol. The molecule has 0 saturated heterocycles. The first-order valence-electron chi connectivity index (χ1n) is 4.06. The molecule has 0 radical (unpaired) electrons. The molecule has 1 aliphatic carbocycles. The lowest BCUT2D eigenvalue weighted by Gasteiger charge is -2.14. The Balaban J connectivity index is 2.49. The van der Waals surface area contributed by atoms with Crippen molar-refractivity contribution in [2.45, 2.75) is 26.7 Å². The van der Waals surface area contributed by atoms with Gasteiger partial charge in [0.2, 0.25) is 0 Å². The van der Waals surface area contributed by atoms with Crippen molar-refractivity contribution in [2.24, 2.45) is 11.8 Å². The summed E-state index contributed by atoms with van der Waals surface area (Å²) in [7, 11) is 0. The van der Waals surface area contributed by atoms with E-state index in [4.69, 9.17) is 0 Å². The van der Waals surface area contributed by atoms with Crippen LogP contribution in [0.3, 0.4) is 0 Å². The Morgan fingerprint density at radius 2 is 2.10 bits per heavy atom. The first-order chi connectivity index (χ1) is 4.88. The van der Waals surface area contributed by atoms with E-state index in [0.717, 1.165) is 5.92 Å². The summed E-state index contributed by atoms with van der Waals surface area (Å²) < 4.78 is 0. The maximum absolute atomic E-state index is 3.20. The van der Waals surface area contributed by atoms with Crippen molar-refractivity contribution < 1.29 is 0 Å². The van der Waals surface area contributed by atoms with Crippen molar-refractivity contribution in [3.63, 3.8) is 0 Å². The van der Waals surface area contributed by atoms with Crippen LogP contribution in [-0.2, 0) is 0 Å².